The van der Waals surface area contributed by atoms with E-state index >= 15 is 0 Å². The molecule has 0 aliphatic carbocycles. The summed E-state index contributed by atoms with van der Waals surface area (Å²) < 4.78 is 0. The van der Waals surface area contributed by atoms with Gasteiger partial charge in [0, 0.05) is 12.6 Å². The van der Waals surface area contributed by atoms with Gasteiger partial charge < -0.3 is 10.6 Å². The van der Waals surface area contributed by atoms with E-state index in [2.05, 4.69) is 40.5 Å². The lowest BCUT2D eigenvalue weighted by molar-refractivity contribution is 0.686. The monoisotopic (exact) mass is 233 g/mol. The number of nitrogens with one attached hydrogen (secondary N) is 2. The Balaban J connectivity index is 2.70. The molecule has 0 radical (unpaired) electrons. The maximum absolute atomic E-state index is 8.93. The van der Waals surface area contributed by atoms with Crippen LogP contribution in [-0.4, -0.2) is 22.1 Å². The first-order chi connectivity index (χ1) is 7.93. The standard InChI is InChI=1S/C12H19N5/c1-9(2)6-14-10-5-11(16-8-15-10)17-12(3,4)7-13/h5,8-9H,6H2,1-4H3,(H2,14,15,16,17). The van der Waals surface area contributed by atoms with Gasteiger partial charge in [0.15, 0.2) is 0 Å². The molecule has 5 nitrogen and oxygen atoms in total. The van der Waals surface area contributed by atoms with Crippen LogP contribution in [0.25, 0.3) is 0 Å². The molecule has 2 N–H and O–H groups in total. The molecule has 0 amide bonds. The lowest BCUT2D eigenvalue weighted by Gasteiger charge is -2.18. The minimum Gasteiger partial charge on any atom is -0.370 e. The van der Waals surface area contributed by atoms with Crippen molar-refractivity contribution in [2.75, 3.05) is 17.2 Å². The van der Waals surface area contributed by atoms with Gasteiger partial charge in [-0.15, -0.1) is 0 Å². The number of hydrogen-bond donors (Lipinski definition) is 2. The Morgan fingerprint density at radius 2 is 2.00 bits per heavy atom. The van der Waals surface area contributed by atoms with Gasteiger partial charge in [-0.2, -0.15) is 5.26 Å². The van der Waals surface area contributed by atoms with E-state index in [1.807, 2.05) is 6.07 Å². The predicted octanol–water partition coefficient (Wildman–Crippen LogP) is 2.26. The summed E-state index contributed by atoms with van der Waals surface area (Å²) in [5.74, 6) is 1.97. The second-order valence-corrected chi connectivity index (χ2v) is 4.93. The normalized spacial score (nSPS) is 11.1. The molecule has 1 rings (SSSR count). The smallest absolute Gasteiger partial charge is 0.132 e. The van der Waals surface area contributed by atoms with Crippen LogP contribution in [0.15, 0.2) is 12.4 Å². The quantitative estimate of drug-likeness (QED) is 0.816. The molecular formula is C12H19N5. The SMILES string of the molecule is CC(C)CNc1cc(NC(C)(C)C#N)ncn1. The van der Waals surface area contributed by atoms with E-state index in [1.54, 1.807) is 13.8 Å². The van der Waals surface area contributed by atoms with E-state index in [9.17, 15) is 0 Å². The Bertz CT molecular complexity index is 406. The second kappa shape index (κ2) is 5.48. The summed E-state index contributed by atoms with van der Waals surface area (Å²) in [6.45, 7) is 8.73. The van der Waals surface area contributed by atoms with Gasteiger partial charge in [-0.3, -0.25) is 0 Å². The summed E-state index contributed by atoms with van der Waals surface area (Å²) in [5, 5.41) is 15.2. The molecule has 0 aromatic carbocycles. The van der Waals surface area contributed by atoms with Gasteiger partial charge in [0.05, 0.1) is 6.07 Å². The molecule has 0 fully saturated rings. The fourth-order valence-corrected chi connectivity index (χ4v) is 1.18. The van der Waals surface area contributed by atoms with Crippen LogP contribution >= 0.6 is 0 Å². The summed E-state index contributed by atoms with van der Waals surface area (Å²) >= 11 is 0. The molecule has 0 spiro atoms. The van der Waals surface area contributed by atoms with Crippen LogP contribution in [0.1, 0.15) is 27.7 Å². The molecule has 17 heavy (non-hydrogen) atoms. The molecule has 0 aliphatic rings. The van der Waals surface area contributed by atoms with Crippen LogP contribution in [0.3, 0.4) is 0 Å². The maximum Gasteiger partial charge on any atom is 0.132 e. The fourth-order valence-electron chi connectivity index (χ4n) is 1.18. The van der Waals surface area contributed by atoms with Crippen molar-refractivity contribution in [2.45, 2.75) is 33.2 Å². The zero-order valence-corrected chi connectivity index (χ0v) is 10.8. The van der Waals surface area contributed by atoms with Crippen molar-refractivity contribution < 1.29 is 0 Å². The fraction of sp³-hybridized carbons (Fsp3) is 0.583. The molecule has 5 heteroatoms. The first kappa shape index (κ1) is 13.2. The number of nitriles is 1. The van der Waals surface area contributed by atoms with E-state index in [0.29, 0.717) is 11.7 Å². The van der Waals surface area contributed by atoms with Gasteiger partial charge in [0.1, 0.15) is 23.5 Å². The highest BCUT2D eigenvalue weighted by atomic mass is 15.1. The summed E-state index contributed by atoms with van der Waals surface area (Å²) in [5.41, 5.74) is -0.635. The van der Waals surface area contributed by atoms with Crippen LogP contribution in [0.2, 0.25) is 0 Å². The number of rotatable bonds is 5. The molecule has 92 valence electrons. The average Bonchev–Trinajstić information content (AvgIpc) is 2.26. The highest BCUT2D eigenvalue weighted by Crippen LogP contribution is 2.14. The third-order valence-corrected chi connectivity index (χ3v) is 2.08. The van der Waals surface area contributed by atoms with Gasteiger partial charge in [-0.1, -0.05) is 13.8 Å². The van der Waals surface area contributed by atoms with Crippen molar-refractivity contribution >= 4 is 11.6 Å². The van der Waals surface area contributed by atoms with Gasteiger partial charge in [-0.25, -0.2) is 9.97 Å². The second-order valence-electron chi connectivity index (χ2n) is 4.93. The van der Waals surface area contributed by atoms with Crippen LogP contribution in [0.5, 0.6) is 0 Å². The molecule has 0 saturated carbocycles. The van der Waals surface area contributed by atoms with Crippen LogP contribution < -0.4 is 10.6 Å². The van der Waals surface area contributed by atoms with E-state index in [0.717, 1.165) is 12.4 Å². The summed E-state index contributed by atoms with van der Waals surface area (Å²) in [7, 11) is 0. The Morgan fingerprint density at radius 3 is 2.59 bits per heavy atom. The zero-order chi connectivity index (χ0) is 12.9. The summed E-state index contributed by atoms with van der Waals surface area (Å²) in [6, 6.07) is 3.97. The van der Waals surface area contributed by atoms with E-state index in [-0.39, 0.29) is 0 Å². The van der Waals surface area contributed by atoms with Crippen molar-refractivity contribution in [1.82, 2.24) is 9.97 Å². The number of nitrogens with zero attached hydrogens (tertiary/aromatic N) is 3. The molecular weight excluding hydrogens is 214 g/mol. The molecule has 0 aliphatic heterocycles. The van der Waals surface area contributed by atoms with Crippen LogP contribution in [-0.2, 0) is 0 Å². The minimum atomic E-state index is -0.635. The number of aromatic nitrogens is 2. The lowest BCUT2D eigenvalue weighted by Crippen LogP contribution is -2.29. The van der Waals surface area contributed by atoms with E-state index in [4.69, 9.17) is 5.26 Å². The first-order valence-electron chi connectivity index (χ1n) is 5.68. The molecule has 0 saturated heterocycles. The number of anilines is 2. The van der Waals surface area contributed by atoms with E-state index in [1.165, 1.54) is 6.33 Å². The predicted molar refractivity (Wildman–Crippen MR) is 68.7 cm³/mol. The largest absolute Gasteiger partial charge is 0.370 e. The molecule has 1 heterocycles. The summed E-state index contributed by atoms with van der Waals surface area (Å²) in [4.78, 5) is 8.21. The Kier molecular flexibility index (Phi) is 4.27. The van der Waals surface area contributed by atoms with Crippen molar-refractivity contribution in [3.8, 4) is 6.07 Å². The zero-order valence-electron chi connectivity index (χ0n) is 10.8. The van der Waals surface area contributed by atoms with Gasteiger partial charge in [-0.05, 0) is 19.8 Å². The Labute approximate surface area is 102 Å². The van der Waals surface area contributed by atoms with Crippen LogP contribution in [0.4, 0.5) is 11.6 Å². The highest BCUT2D eigenvalue weighted by Gasteiger charge is 2.16. The highest BCUT2D eigenvalue weighted by molar-refractivity contribution is 5.48. The van der Waals surface area contributed by atoms with Crippen LogP contribution in [0, 0.1) is 17.2 Å². The first-order valence-corrected chi connectivity index (χ1v) is 5.68. The third kappa shape index (κ3) is 4.68. The Morgan fingerprint density at radius 1 is 1.35 bits per heavy atom. The Hall–Kier alpha value is -1.83. The van der Waals surface area contributed by atoms with Crippen molar-refractivity contribution in [3.05, 3.63) is 12.4 Å². The molecule has 1 aromatic rings. The van der Waals surface area contributed by atoms with Gasteiger partial charge >= 0.3 is 0 Å². The van der Waals surface area contributed by atoms with Crippen molar-refractivity contribution in [2.24, 2.45) is 5.92 Å². The lowest BCUT2D eigenvalue weighted by atomic mass is 10.1. The maximum atomic E-state index is 8.93. The molecule has 0 unspecified atom stereocenters. The average molecular weight is 233 g/mol. The third-order valence-electron chi connectivity index (χ3n) is 2.08. The number of hydrogen-bond acceptors (Lipinski definition) is 5. The summed E-state index contributed by atoms with van der Waals surface area (Å²) in [6.07, 6.45) is 1.48. The van der Waals surface area contributed by atoms with Crippen molar-refractivity contribution in [3.63, 3.8) is 0 Å². The molecule has 0 atom stereocenters. The minimum absolute atomic E-state index is 0.553. The van der Waals surface area contributed by atoms with Gasteiger partial charge in [0.2, 0.25) is 0 Å². The van der Waals surface area contributed by atoms with E-state index < -0.39 is 5.54 Å². The van der Waals surface area contributed by atoms with Crippen molar-refractivity contribution in [1.29, 1.82) is 5.26 Å². The van der Waals surface area contributed by atoms with Gasteiger partial charge in [0.25, 0.3) is 0 Å². The molecule has 1 aromatic heterocycles. The molecule has 0 bridgehead atoms. The topological polar surface area (TPSA) is 73.6 Å².